The first-order valence-electron chi connectivity index (χ1n) is 6.68. The van der Waals surface area contributed by atoms with Gasteiger partial charge in [0.15, 0.2) is 0 Å². The van der Waals surface area contributed by atoms with Gasteiger partial charge in [-0.15, -0.1) is 0 Å². The van der Waals surface area contributed by atoms with E-state index in [1.807, 2.05) is 6.92 Å². The molecule has 1 fully saturated rings. The number of pyridine rings is 1. The Hall–Kier alpha value is -1.82. The van der Waals surface area contributed by atoms with Crippen molar-refractivity contribution in [3.8, 4) is 5.88 Å². The third-order valence-corrected chi connectivity index (χ3v) is 3.88. The minimum atomic E-state index is -0.891. The molecule has 1 amide bonds. The summed E-state index contributed by atoms with van der Waals surface area (Å²) in [6, 6.07) is 1.50. The fourth-order valence-corrected chi connectivity index (χ4v) is 2.50. The van der Waals surface area contributed by atoms with Crippen LogP contribution >= 0.6 is 11.6 Å². The van der Waals surface area contributed by atoms with Gasteiger partial charge in [0.25, 0.3) is 5.91 Å². The second-order valence-electron chi connectivity index (χ2n) is 5.29. The minimum Gasteiger partial charge on any atom is -0.481 e. The molecule has 1 saturated heterocycles. The molecule has 21 heavy (non-hydrogen) atoms. The number of ether oxygens (including phenoxy) is 1. The van der Waals surface area contributed by atoms with Crippen molar-refractivity contribution >= 4 is 23.5 Å². The normalized spacial score (nSPS) is 21.4. The molecule has 0 aromatic carbocycles. The Balaban J connectivity index is 2.15. The average Bonchev–Trinajstić information content (AvgIpc) is 2.84. The van der Waals surface area contributed by atoms with Gasteiger partial charge in [-0.3, -0.25) is 9.59 Å². The van der Waals surface area contributed by atoms with Crippen LogP contribution in [0.15, 0.2) is 12.3 Å². The molecule has 1 N–H and O–H groups in total. The van der Waals surface area contributed by atoms with Gasteiger partial charge in [0.1, 0.15) is 5.02 Å². The molecule has 0 radical (unpaired) electrons. The zero-order valence-electron chi connectivity index (χ0n) is 11.9. The van der Waals surface area contributed by atoms with E-state index >= 15 is 0 Å². The van der Waals surface area contributed by atoms with Gasteiger partial charge in [-0.2, -0.15) is 0 Å². The SMILES string of the molecule is CCOc1ncc(C(=O)N2CCC(C)(C(=O)O)C2)cc1Cl. The lowest BCUT2D eigenvalue weighted by Gasteiger charge is -2.20. The lowest BCUT2D eigenvalue weighted by atomic mass is 9.90. The maximum absolute atomic E-state index is 12.4. The van der Waals surface area contributed by atoms with Crippen molar-refractivity contribution in [2.24, 2.45) is 5.41 Å². The minimum absolute atomic E-state index is 0.187. The van der Waals surface area contributed by atoms with Crippen LogP contribution < -0.4 is 4.74 Å². The number of amides is 1. The molecule has 1 aliphatic heterocycles. The summed E-state index contributed by atoms with van der Waals surface area (Å²) in [6.45, 7) is 4.49. The highest BCUT2D eigenvalue weighted by molar-refractivity contribution is 6.32. The van der Waals surface area contributed by atoms with Crippen LogP contribution in [-0.2, 0) is 4.79 Å². The first kappa shape index (κ1) is 15.6. The number of carbonyl (C=O) groups excluding carboxylic acids is 1. The molecule has 0 saturated carbocycles. The summed E-state index contributed by atoms with van der Waals surface area (Å²) in [5.41, 5.74) is -0.559. The monoisotopic (exact) mass is 312 g/mol. The molecular weight excluding hydrogens is 296 g/mol. The largest absolute Gasteiger partial charge is 0.481 e. The first-order valence-corrected chi connectivity index (χ1v) is 7.06. The van der Waals surface area contributed by atoms with Crippen LogP contribution in [0.4, 0.5) is 0 Å². The summed E-state index contributed by atoms with van der Waals surface area (Å²) in [6.07, 6.45) is 1.84. The molecule has 1 aromatic rings. The molecule has 1 aromatic heterocycles. The number of aromatic nitrogens is 1. The fraction of sp³-hybridized carbons (Fsp3) is 0.500. The third-order valence-electron chi connectivity index (χ3n) is 3.61. The van der Waals surface area contributed by atoms with Gasteiger partial charge in [-0.1, -0.05) is 11.6 Å². The Labute approximate surface area is 127 Å². The lowest BCUT2D eigenvalue weighted by molar-refractivity contribution is -0.147. The molecule has 1 aliphatic rings. The van der Waals surface area contributed by atoms with E-state index in [9.17, 15) is 14.7 Å². The van der Waals surface area contributed by atoms with E-state index in [2.05, 4.69) is 4.98 Å². The molecule has 0 spiro atoms. The van der Waals surface area contributed by atoms with Crippen LogP contribution in [0, 0.1) is 5.41 Å². The highest BCUT2D eigenvalue weighted by Gasteiger charge is 2.42. The number of carboxylic acid groups (broad SMARTS) is 1. The molecular formula is C14H17ClN2O4. The van der Waals surface area contributed by atoms with E-state index in [1.165, 1.54) is 17.2 Å². The summed E-state index contributed by atoms with van der Waals surface area (Å²) < 4.78 is 5.22. The Kier molecular flexibility index (Phi) is 4.37. The summed E-state index contributed by atoms with van der Waals surface area (Å²) in [7, 11) is 0. The van der Waals surface area contributed by atoms with Gasteiger partial charge in [0, 0.05) is 19.3 Å². The number of hydrogen-bond donors (Lipinski definition) is 1. The van der Waals surface area contributed by atoms with Crippen LogP contribution in [0.1, 0.15) is 30.6 Å². The van der Waals surface area contributed by atoms with E-state index in [0.717, 1.165) is 0 Å². The summed E-state index contributed by atoms with van der Waals surface area (Å²) in [5, 5.41) is 9.46. The predicted octanol–water partition coefficient (Wildman–Crippen LogP) is 2.07. The Morgan fingerprint density at radius 1 is 1.57 bits per heavy atom. The fourth-order valence-electron chi connectivity index (χ4n) is 2.28. The van der Waals surface area contributed by atoms with Crippen molar-refractivity contribution in [3.63, 3.8) is 0 Å². The van der Waals surface area contributed by atoms with Crippen LogP contribution in [0.3, 0.4) is 0 Å². The molecule has 6 nitrogen and oxygen atoms in total. The Morgan fingerprint density at radius 3 is 2.81 bits per heavy atom. The number of carbonyl (C=O) groups is 2. The smallest absolute Gasteiger partial charge is 0.311 e. The van der Waals surface area contributed by atoms with Gasteiger partial charge in [0.2, 0.25) is 5.88 Å². The maximum atomic E-state index is 12.4. The highest BCUT2D eigenvalue weighted by atomic mass is 35.5. The van der Waals surface area contributed by atoms with Gasteiger partial charge >= 0.3 is 5.97 Å². The third kappa shape index (κ3) is 3.10. The number of hydrogen-bond acceptors (Lipinski definition) is 4. The Morgan fingerprint density at radius 2 is 2.29 bits per heavy atom. The molecule has 1 unspecified atom stereocenters. The Bertz CT molecular complexity index is 578. The zero-order chi connectivity index (χ0) is 15.6. The number of carboxylic acids is 1. The molecule has 2 rings (SSSR count). The van der Waals surface area contributed by atoms with Gasteiger partial charge in [-0.05, 0) is 26.3 Å². The molecule has 0 bridgehead atoms. The van der Waals surface area contributed by atoms with E-state index in [1.54, 1.807) is 6.92 Å². The van der Waals surface area contributed by atoms with Gasteiger partial charge in [0.05, 0.1) is 17.6 Å². The molecule has 114 valence electrons. The van der Waals surface area contributed by atoms with E-state index in [0.29, 0.717) is 25.1 Å². The maximum Gasteiger partial charge on any atom is 0.311 e. The quantitative estimate of drug-likeness (QED) is 0.920. The van der Waals surface area contributed by atoms with Crippen molar-refractivity contribution in [1.29, 1.82) is 0 Å². The zero-order valence-corrected chi connectivity index (χ0v) is 12.7. The second kappa shape index (κ2) is 5.89. The number of aliphatic carboxylic acids is 1. The van der Waals surface area contributed by atoms with Gasteiger partial charge < -0.3 is 14.7 Å². The van der Waals surface area contributed by atoms with Crippen molar-refractivity contribution in [3.05, 3.63) is 22.8 Å². The van der Waals surface area contributed by atoms with Crippen LogP contribution in [0.25, 0.3) is 0 Å². The number of likely N-dealkylation sites (tertiary alicyclic amines) is 1. The highest BCUT2D eigenvalue weighted by Crippen LogP contribution is 2.31. The molecule has 0 aliphatic carbocycles. The average molecular weight is 313 g/mol. The van der Waals surface area contributed by atoms with E-state index < -0.39 is 11.4 Å². The van der Waals surface area contributed by atoms with E-state index in [-0.39, 0.29) is 23.4 Å². The van der Waals surface area contributed by atoms with Crippen LogP contribution in [-0.4, -0.2) is 46.6 Å². The summed E-state index contributed by atoms with van der Waals surface area (Å²) >= 11 is 6.01. The van der Waals surface area contributed by atoms with Crippen molar-refractivity contribution in [2.45, 2.75) is 20.3 Å². The van der Waals surface area contributed by atoms with Crippen molar-refractivity contribution < 1.29 is 19.4 Å². The summed E-state index contributed by atoms with van der Waals surface area (Å²) in [4.78, 5) is 29.1. The van der Waals surface area contributed by atoms with Crippen LogP contribution in [0.5, 0.6) is 5.88 Å². The van der Waals surface area contributed by atoms with Crippen LogP contribution in [0.2, 0.25) is 5.02 Å². The van der Waals surface area contributed by atoms with Crippen molar-refractivity contribution in [2.75, 3.05) is 19.7 Å². The second-order valence-corrected chi connectivity index (χ2v) is 5.69. The molecule has 1 atom stereocenters. The number of halogens is 1. The number of nitrogens with zero attached hydrogens (tertiary/aromatic N) is 2. The summed E-state index contributed by atoms with van der Waals surface area (Å²) in [5.74, 6) is -0.870. The lowest BCUT2D eigenvalue weighted by Crippen LogP contribution is -2.34. The van der Waals surface area contributed by atoms with Gasteiger partial charge in [-0.25, -0.2) is 4.98 Å². The topological polar surface area (TPSA) is 79.7 Å². The molecule has 2 heterocycles. The standard InChI is InChI=1S/C14H17ClN2O4/c1-3-21-11-10(15)6-9(7-16-11)12(18)17-5-4-14(2,8-17)13(19)20/h6-7H,3-5,8H2,1-2H3,(H,19,20). The molecule has 7 heteroatoms. The predicted molar refractivity (Wildman–Crippen MR) is 76.7 cm³/mol. The van der Waals surface area contributed by atoms with E-state index in [4.69, 9.17) is 16.3 Å². The van der Waals surface area contributed by atoms with Crippen molar-refractivity contribution in [1.82, 2.24) is 9.88 Å². The number of rotatable bonds is 4. The first-order chi connectivity index (χ1) is 9.87.